The molecule has 0 unspecified atom stereocenters. The van der Waals surface area contributed by atoms with Crippen molar-refractivity contribution < 1.29 is 14.0 Å². The van der Waals surface area contributed by atoms with Gasteiger partial charge in [0.15, 0.2) is 0 Å². The number of carbonyl (C=O) groups is 2. The second-order valence-electron chi connectivity index (χ2n) is 9.59. The van der Waals surface area contributed by atoms with Gasteiger partial charge in [0.2, 0.25) is 11.8 Å². The van der Waals surface area contributed by atoms with Crippen molar-refractivity contribution in [2.45, 2.75) is 20.8 Å². The Kier molecular flexibility index (Phi) is 7.31. The number of hydrogen-bond acceptors (Lipinski definition) is 4. The van der Waals surface area contributed by atoms with Gasteiger partial charge in [-0.15, -0.1) is 0 Å². The van der Waals surface area contributed by atoms with Crippen LogP contribution in [0.3, 0.4) is 0 Å². The number of anilines is 2. The molecule has 0 aliphatic carbocycles. The average molecular weight is 492 g/mol. The van der Waals surface area contributed by atoms with Crippen LogP contribution >= 0.6 is 11.6 Å². The summed E-state index contributed by atoms with van der Waals surface area (Å²) < 4.78 is 5.80. The lowest BCUT2D eigenvalue weighted by atomic mass is 9.94. The van der Waals surface area contributed by atoms with Gasteiger partial charge in [-0.2, -0.15) is 0 Å². The molecule has 182 valence electrons. The predicted molar refractivity (Wildman–Crippen MR) is 142 cm³/mol. The van der Waals surface area contributed by atoms with E-state index in [1.54, 1.807) is 12.1 Å². The molecule has 1 fully saturated rings. The summed E-state index contributed by atoms with van der Waals surface area (Å²) in [4.78, 5) is 29.0. The number of amides is 2. The van der Waals surface area contributed by atoms with Gasteiger partial charge in [-0.3, -0.25) is 9.59 Å². The van der Waals surface area contributed by atoms with E-state index in [9.17, 15) is 9.59 Å². The standard InChI is InChI=1S/C28H30ClN3O3/c1-28(2,3)27(34)32-17-15-31(16-18-32)24-12-9-21(19-23(24)29)30-26(33)14-11-22-10-13-25(35-22)20-7-5-4-6-8-20/h4-14,19H,15-18H2,1-3H3,(H,30,33)/b14-11+. The molecule has 7 heteroatoms. The minimum Gasteiger partial charge on any atom is -0.457 e. The number of nitrogens with one attached hydrogen (secondary N) is 1. The Balaban J connectivity index is 1.33. The van der Waals surface area contributed by atoms with E-state index in [1.165, 1.54) is 6.08 Å². The average Bonchev–Trinajstić information content (AvgIpc) is 3.32. The molecule has 3 aromatic rings. The molecule has 35 heavy (non-hydrogen) atoms. The van der Waals surface area contributed by atoms with Gasteiger partial charge in [0.05, 0.1) is 10.7 Å². The summed E-state index contributed by atoms with van der Waals surface area (Å²) >= 11 is 6.55. The molecule has 0 radical (unpaired) electrons. The normalized spacial score (nSPS) is 14.4. The van der Waals surface area contributed by atoms with Gasteiger partial charge in [0.25, 0.3) is 0 Å². The fraction of sp³-hybridized carbons (Fsp3) is 0.286. The van der Waals surface area contributed by atoms with Gasteiger partial charge in [0.1, 0.15) is 11.5 Å². The molecular formula is C28H30ClN3O3. The molecule has 6 nitrogen and oxygen atoms in total. The first-order valence-electron chi connectivity index (χ1n) is 11.7. The smallest absolute Gasteiger partial charge is 0.248 e. The lowest BCUT2D eigenvalue weighted by Gasteiger charge is -2.39. The van der Waals surface area contributed by atoms with Crippen molar-refractivity contribution >= 4 is 40.9 Å². The minimum absolute atomic E-state index is 0.167. The topological polar surface area (TPSA) is 65.8 Å². The van der Waals surface area contributed by atoms with Crippen LogP contribution in [0.25, 0.3) is 17.4 Å². The molecule has 2 amide bonds. The Labute approximate surface area is 211 Å². The van der Waals surface area contributed by atoms with Gasteiger partial charge in [-0.25, -0.2) is 0 Å². The maximum absolute atomic E-state index is 12.5. The summed E-state index contributed by atoms with van der Waals surface area (Å²) in [7, 11) is 0. The second kappa shape index (κ2) is 10.4. The third-order valence-electron chi connectivity index (χ3n) is 5.85. The number of halogens is 1. The number of nitrogens with zero attached hydrogens (tertiary/aromatic N) is 2. The molecule has 1 N–H and O–H groups in total. The first kappa shape index (κ1) is 24.6. The monoisotopic (exact) mass is 491 g/mol. The van der Waals surface area contributed by atoms with Crippen molar-refractivity contribution in [2.75, 3.05) is 36.4 Å². The highest BCUT2D eigenvalue weighted by atomic mass is 35.5. The fourth-order valence-electron chi connectivity index (χ4n) is 4.01. The summed E-state index contributed by atoms with van der Waals surface area (Å²) in [5.74, 6) is 1.23. The quantitative estimate of drug-likeness (QED) is 0.448. The van der Waals surface area contributed by atoms with E-state index in [-0.39, 0.29) is 17.2 Å². The largest absolute Gasteiger partial charge is 0.457 e. The summed E-state index contributed by atoms with van der Waals surface area (Å²) in [5.41, 5.74) is 2.11. The molecule has 4 rings (SSSR count). The van der Waals surface area contributed by atoms with Crippen LogP contribution in [0.15, 0.2) is 71.2 Å². The van der Waals surface area contributed by atoms with Gasteiger partial charge < -0.3 is 19.5 Å². The molecule has 1 aromatic heterocycles. The Morgan fingerprint density at radius 3 is 2.34 bits per heavy atom. The van der Waals surface area contributed by atoms with Crippen LogP contribution in [-0.4, -0.2) is 42.9 Å². The zero-order valence-corrected chi connectivity index (χ0v) is 21.0. The molecule has 0 bridgehead atoms. The Morgan fingerprint density at radius 1 is 0.971 bits per heavy atom. The van der Waals surface area contributed by atoms with Crippen molar-refractivity contribution in [2.24, 2.45) is 5.41 Å². The van der Waals surface area contributed by atoms with E-state index < -0.39 is 0 Å². The van der Waals surface area contributed by atoms with Gasteiger partial charge in [-0.05, 0) is 36.4 Å². The number of furan rings is 1. The molecule has 0 spiro atoms. The van der Waals surface area contributed by atoms with Crippen LogP contribution in [-0.2, 0) is 9.59 Å². The van der Waals surface area contributed by atoms with Gasteiger partial charge in [0, 0.05) is 48.9 Å². The first-order valence-corrected chi connectivity index (χ1v) is 12.1. The van der Waals surface area contributed by atoms with Crippen LogP contribution in [0.5, 0.6) is 0 Å². The maximum Gasteiger partial charge on any atom is 0.248 e. The van der Waals surface area contributed by atoms with E-state index in [0.29, 0.717) is 42.6 Å². The van der Waals surface area contributed by atoms with Crippen molar-refractivity contribution in [3.05, 3.63) is 77.5 Å². The molecule has 2 heterocycles. The minimum atomic E-state index is -0.380. The molecule has 1 aliphatic rings. The SMILES string of the molecule is CC(C)(C)C(=O)N1CCN(c2ccc(NC(=O)/C=C/c3ccc(-c4ccccc4)o3)cc2Cl)CC1. The van der Waals surface area contributed by atoms with Crippen molar-refractivity contribution in [1.82, 2.24) is 4.90 Å². The van der Waals surface area contributed by atoms with Crippen molar-refractivity contribution in [3.8, 4) is 11.3 Å². The van der Waals surface area contributed by atoms with Crippen molar-refractivity contribution in [3.63, 3.8) is 0 Å². The third-order valence-corrected chi connectivity index (χ3v) is 6.15. The highest BCUT2D eigenvalue weighted by molar-refractivity contribution is 6.33. The summed E-state index contributed by atoms with van der Waals surface area (Å²) in [6.45, 7) is 8.57. The summed E-state index contributed by atoms with van der Waals surface area (Å²) in [6, 6.07) is 19.0. The molecule has 0 atom stereocenters. The van der Waals surface area contributed by atoms with Gasteiger partial charge >= 0.3 is 0 Å². The summed E-state index contributed by atoms with van der Waals surface area (Å²) in [6.07, 6.45) is 3.07. The first-order chi connectivity index (χ1) is 16.7. The summed E-state index contributed by atoms with van der Waals surface area (Å²) in [5, 5.41) is 3.39. The zero-order chi connectivity index (χ0) is 25.0. The number of hydrogen-bond donors (Lipinski definition) is 1. The lowest BCUT2D eigenvalue weighted by molar-refractivity contribution is -0.139. The number of piperazine rings is 1. The van der Waals surface area contributed by atoms with E-state index in [1.807, 2.05) is 80.3 Å². The highest BCUT2D eigenvalue weighted by Gasteiger charge is 2.30. The predicted octanol–water partition coefficient (Wildman–Crippen LogP) is 5.95. The van der Waals surface area contributed by atoms with Crippen LogP contribution in [0.4, 0.5) is 11.4 Å². The van der Waals surface area contributed by atoms with E-state index in [4.69, 9.17) is 16.0 Å². The van der Waals surface area contributed by atoms with Crippen LogP contribution in [0, 0.1) is 5.41 Å². The van der Waals surface area contributed by atoms with Crippen LogP contribution < -0.4 is 10.2 Å². The Hall–Kier alpha value is -3.51. The molecule has 1 aliphatic heterocycles. The Morgan fingerprint density at radius 2 is 1.69 bits per heavy atom. The second-order valence-corrected chi connectivity index (χ2v) is 9.99. The van der Waals surface area contributed by atoms with Crippen LogP contribution in [0.1, 0.15) is 26.5 Å². The molecule has 1 saturated heterocycles. The number of carbonyl (C=O) groups excluding carboxylic acids is 2. The molecule has 0 saturated carbocycles. The Bertz CT molecular complexity index is 1220. The van der Waals surface area contributed by atoms with Crippen LogP contribution in [0.2, 0.25) is 5.02 Å². The molecular weight excluding hydrogens is 462 g/mol. The van der Waals surface area contributed by atoms with E-state index in [0.717, 1.165) is 17.0 Å². The lowest BCUT2D eigenvalue weighted by Crippen LogP contribution is -2.51. The number of rotatable bonds is 5. The fourth-order valence-corrected chi connectivity index (χ4v) is 4.31. The molecule has 2 aromatic carbocycles. The number of benzene rings is 2. The van der Waals surface area contributed by atoms with E-state index >= 15 is 0 Å². The zero-order valence-electron chi connectivity index (χ0n) is 20.3. The highest BCUT2D eigenvalue weighted by Crippen LogP contribution is 2.30. The van der Waals surface area contributed by atoms with Crippen molar-refractivity contribution in [1.29, 1.82) is 0 Å². The third kappa shape index (κ3) is 6.14. The van der Waals surface area contributed by atoms with E-state index in [2.05, 4.69) is 10.2 Å². The van der Waals surface area contributed by atoms with Gasteiger partial charge in [-0.1, -0.05) is 62.7 Å². The maximum atomic E-state index is 12.5.